The number of hydrogen-bond acceptors (Lipinski definition) is 4. The SMILES string of the molecule is CCC(C)NS(=O)(=O)c1ccc(N)c(C(N)=O)c1. The Hall–Kier alpha value is -1.60. The van der Waals surface area contributed by atoms with Crippen LogP contribution in [0.1, 0.15) is 30.6 Å². The van der Waals surface area contributed by atoms with Gasteiger partial charge in [0, 0.05) is 11.7 Å². The van der Waals surface area contributed by atoms with Crippen LogP contribution in [0.5, 0.6) is 0 Å². The molecule has 1 atom stereocenters. The molecular formula is C11H17N3O3S. The van der Waals surface area contributed by atoms with Crippen molar-refractivity contribution >= 4 is 21.6 Å². The van der Waals surface area contributed by atoms with Crippen molar-refractivity contribution in [1.82, 2.24) is 4.72 Å². The number of primary amides is 1. The van der Waals surface area contributed by atoms with Gasteiger partial charge in [0.2, 0.25) is 10.0 Å². The molecule has 0 radical (unpaired) electrons. The maximum atomic E-state index is 12.0. The van der Waals surface area contributed by atoms with E-state index in [0.717, 1.165) is 0 Å². The molecule has 0 heterocycles. The third kappa shape index (κ3) is 3.21. The molecule has 100 valence electrons. The van der Waals surface area contributed by atoms with E-state index in [-0.39, 0.29) is 22.2 Å². The molecule has 0 saturated carbocycles. The van der Waals surface area contributed by atoms with Crippen LogP contribution < -0.4 is 16.2 Å². The van der Waals surface area contributed by atoms with Crippen LogP contribution in [-0.4, -0.2) is 20.4 Å². The van der Waals surface area contributed by atoms with E-state index in [9.17, 15) is 13.2 Å². The summed E-state index contributed by atoms with van der Waals surface area (Å²) in [7, 11) is -3.66. The molecule has 0 fully saturated rings. The molecular weight excluding hydrogens is 254 g/mol. The minimum Gasteiger partial charge on any atom is -0.398 e. The lowest BCUT2D eigenvalue weighted by molar-refractivity contribution is 0.100. The van der Waals surface area contributed by atoms with Crippen LogP contribution >= 0.6 is 0 Å². The number of carbonyl (C=O) groups excluding carboxylic acids is 1. The Kier molecular flexibility index (Phi) is 4.31. The van der Waals surface area contributed by atoms with Crippen LogP contribution in [0, 0.1) is 0 Å². The van der Waals surface area contributed by atoms with Crippen molar-refractivity contribution in [1.29, 1.82) is 0 Å². The third-order valence-corrected chi connectivity index (χ3v) is 4.16. The molecule has 1 aromatic rings. The van der Waals surface area contributed by atoms with Crippen molar-refractivity contribution in [3.63, 3.8) is 0 Å². The van der Waals surface area contributed by atoms with Gasteiger partial charge in [0.25, 0.3) is 5.91 Å². The van der Waals surface area contributed by atoms with Crippen LogP contribution in [-0.2, 0) is 10.0 Å². The Bertz CT molecular complexity index is 555. The van der Waals surface area contributed by atoms with Gasteiger partial charge in [-0.1, -0.05) is 6.92 Å². The maximum Gasteiger partial charge on any atom is 0.250 e. The molecule has 0 aromatic heterocycles. The fourth-order valence-corrected chi connectivity index (χ4v) is 2.68. The highest BCUT2D eigenvalue weighted by Gasteiger charge is 2.18. The highest BCUT2D eigenvalue weighted by atomic mass is 32.2. The standard InChI is InChI=1S/C11H17N3O3S/c1-3-7(2)14-18(16,17)8-4-5-10(12)9(6-8)11(13)15/h4-7,14H,3,12H2,1-2H3,(H2,13,15). The second-order valence-electron chi connectivity index (χ2n) is 4.04. The molecule has 1 rings (SSSR count). The van der Waals surface area contributed by atoms with Crippen LogP contribution in [0.3, 0.4) is 0 Å². The van der Waals surface area contributed by atoms with E-state index in [1.54, 1.807) is 6.92 Å². The molecule has 1 amide bonds. The summed E-state index contributed by atoms with van der Waals surface area (Å²) < 4.78 is 26.5. The lowest BCUT2D eigenvalue weighted by Gasteiger charge is -2.13. The van der Waals surface area contributed by atoms with Gasteiger partial charge in [0.05, 0.1) is 10.5 Å². The highest BCUT2D eigenvalue weighted by molar-refractivity contribution is 7.89. The van der Waals surface area contributed by atoms with Crippen molar-refractivity contribution in [2.24, 2.45) is 5.73 Å². The fourth-order valence-electron chi connectivity index (χ4n) is 1.33. The quantitative estimate of drug-likeness (QED) is 0.674. The molecule has 7 heteroatoms. The van der Waals surface area contributed by atoms with E-state index < -0.39 is 15.9 Å². The van der Waals surface area contributed by atoms with Crippen molar-refractivity contribution < 1.29 is 13.2 Å². The Labute approximate surface area is 106 Å². The van der Waals surface area contributed by atoms with Crippen LogP contribution in [0.15, 0.2) is 23.1 Å². The fraction of sp³-hybridized carbons (Fsp3) is 0.364. The number of nitrogens with two attached hydrogens (primary N) is 2. The van der Waals surface area contributed by atoms with E-state index in [1.165, 1.54) is 18.2 Å². The number of amides is 1. The smallest absolute Gasteiger partial charge is 0.250 e. The summed E-state index contributed by atoms with van der Waals surface area (Å²) in [6.07, 6.45) is 0.664. The van der Waals surface area contributed by atoms with E-state index in [4.69, 9.17) is 11.5 Å². The number of anilines is 1. The van der Waals surface area contributed by atoms with Crippen molar-refractivity contribution in [3.05, 3.63) is 23.8 Å². The summed E-state index contributed by atoms with van der Waals surface area (Å²) in [6, 6.07) is 3.68. The van der Waals surface area contributed by atoms with Gasteiger partial charge in [0.15, 0.2) is 0 Å². The van der Waals surface area contributed by atoms with E-state index in [1.807, 2.05) is 6.92 Å². The topological polar surface area (TPSA) is 115 Å². The Balaban J connectivity index is 3.18. The summed E-state index contributed by atoms with van der Waals surface area (Å²) in [6.45, 7) is 3.62. The first kappa shape index (κ1) is 14.5. The predicted octanol–water partition coefficient (Wildman–Crippen LogP) is 0.444. The number of rotatable bonds is 5. The summed E-state index contributed by atoms with van der Waals surface area (Å²) >= 11 is 0. The molecule has 1 aromatic carbocycles. The average molecular weight is 271 g/mol. The molecule has 0 aliphatic rings. The predicted molar refractivity (Wildman–Crippen MR) is 69.4 cm³/mol. The molecule has 0 aliphatic carbocycles. The van der Waals surface area contributed by atoms with E-state index in [0.29, 0.717) is 6.42 Å². The van der Waals surface area contributed by atoms with Gasteiger partial charge in [-0.25, -0.2) is 13.1 Å². The third-order valence-electron chi connectivity index (χ3n) is 2.57. The molecule has 0 saturated heterocycles. The van der Waals surface area contributed by atoms with Gasteiger partial charge in [-0.15, -0.1) is 0 Å². The Morgan fingerprint density at radius 2 is 2.06 bits per heavy atom. The zero-order valence-electron chi connectivity index (χ0n) is 10.3. The number of carbonyl (C=O) groups is 1. The monoisotopic (exact) mass is 271 g/mol. The molecule has 5 N–H and O–H groups in total. The first-order chi connectivity index (χ1) is 8.27. The van der Waals surface area contributed by atoms with Crippen molar-refractivity contribution in [2.75, 3.05) is 5.73 Å². The highest BCUT2D eigenvalue weighted by Crippen LogP contribution is 2.17. The minimum atomic E-state index is -3.66. The second-order valence-corrected chi connectivity index (χ2v) is 5.76. The first-order valence-electron chi connectivity index (χ1n) is 5.49. The van der Waals surface area contributed by atoms with Crippen molar-refractivity contribution in [2.45, 2.75) is 31.2 Å². The number of nitrogen functional groups attached to an aromatic ring is 1. The van der Waals surface area contributed by atoms with Crippen LogP contribution in [0.4, 0.5) is 5.69 Å². The Morgan fingerprint density at radius 1 is 1.44 bits per heavy atom. The van der Waals surface area contributed by atoms with E-state index in [2.05, 4.69) is 4.72 Å². The maximum absolute atomic E-state index is 12.0. The van der Waals surface area contributed by atoms with Crippen LogP contribution in [0.2, 0.25) is 0 Å². The lowest BCUT2D eigenvalue weighted by atomic mass is 10.2. The van der Waals surface area contributed by atoms with Gasteiger partial charge < -0.3 is 11.5 Å². The molecule has 6 nitrogen and oxygen atoms in total. The number of nitrogens with one attached hydrogen (secondary N) is 1. The zero-order valence-corrected chi connectivity index (χ0v) is 11.1. The Morgan fingerprint density at radius 3 is 2.56 bits per heavy atom. The van der Waals surface area contributed by atoms with Gasteiger partial charge >= 0.3 is 0 Å². The van der Waals surface area contributed by atoms with Crippen LogP contribution in [0.25, 0.3) is 0 Å². The average Bonchev–Trinajstić information content (AvgIpc) is 2.28. The molecule has 0 spiro atoms. The molecule has 18 heavy (non-hydrogen) atoms. The number of sulfonamides is 1. The van der Waals surface area contributed by atoms with Gasteiger partial charge in [-0.2, -0.15) is 0 Å². The van der Waals surface area contributed by atoms with Gasteiger partial charge in [0.1, 0.15) is 0 Å². The molecule has 0 bridgehead atoms. The number of benzene rings is 1. The van der Waals surface area contributed by atoms with E-state index >= 15 is 0 Å². The largest absolute Gasteiger partial charge is 0.398 e. The summed E-state index contributed by atoms with van der Waals surface area (Å²) in [4.78, 5) is 11.1. The second kappa shape index (κ2) is 5.36. The van der Waals surface area contributed by atoms with Gasteiger partial charge in [-0.05, 0) is 31.5 Å². The summed E-state index contributed by atoms with van der Waals surface area (Å²) in [5.41, 5.74) is 10.8. The minimum absolute atomic E-state index is 0.00188. The summed E-state index contributed by atoms with van der Waals surface area (Å²) in [5.74, 6) is -0.756. The normalized spacial score (nSPS) is 13.2. The zero-order chi connectivity index (χ0) is 13.9. The lowest BCUT2D eigenvalue weighted by Crippen LogP contribution is -2.32. The number of hydrogen-bond donors (Lipinski definition) is 3. The molecule has 1 unspecified atom stereocenters. The van der Waals surface area contributed by atoms with Crippen molar-refractivity contribution in [3.8, 4) is 0 Å². The first-order valence-corrected chi connectivity index (χ1v) is 6.98. The molecule has 0 aliphatic heterocycles. The summed E-state index contributed by atoms with van der Waals surface area (Å²) in [5, 5.41) is 0. The van der Waals surface area contributed by atoms with Gasteiger partial charge in [-0.3, -0.25) is 4.79 Å².